The van der Waals surface area contributed by atoms with Gasteiger partial charge in [-0.2, -0.15) is 0 Å². The highest BCUT2D eigenvalue weighted by Crippen LogP contribution is 2.07. The van der Waals surface area contributed by atoms with E-state index >= 15 is 0 Å². The summed E-state index contributed by atoms with van der Waals surface area (Å²) in [5, 5.41) is 0. The molecule has 0 aliphatic rings. The van der Waals surface area contributed by atoms with Gasteiger partial charge in [-0.3, -0.25) is 9.69 Å². The number of carbonyl (C=O) groups is 1. The third-order valence-electron chi connectivity index (χ3n) is 3.22. The highest BCUT2D eigenvalue weighted by Gasteiger charge is 2.17. The largest absolute Gasteiger partial charge is 0.294 e. The van der Waals surface area contributed by atoms with E-state index in [0.717, 1.165) is 31.5 Å². The summed E-state index contributed by atoms with van der Waals surface area (Å²) in [7, 11) is 0. The first-order valence-corrected chi connectivity index (χ1v) is 7.20. The van der Waals surface area contributed by atoms with Gasteiger partial charge in [-0.25, -0.2) is 0 Å². The molecule has 0 aliphatic carbocycles. The second kappa shape index (κ2) is 8.65. The van der Waals surface area contributed by atoms with E-state index in [1.165, 1.54) is 0 Å². The molecule has 1 atom stereocenters. The Morgan fingerprint density at radius 1 is 1.16 bits per heavy atom. The second-order valence-electron chi connectivity index (χ2n) is 4.86. The number of hydrogen-bond acceptors (Lipinski definition) is 2. The summed E-state index contributed by atoms with van der Waals surface area (Å²) >= 11 is 0. The van der Waals surface area contributed by atoms with Gasteiger partial charge in [0.1, 0.15) is 0 Å². The maximum Gasteiger partial charge on any atom is 0.172 e. The molecule has 0 N–H and O–H groups in total. The molecule has 0 amide bonds. The lowest BCUT2D eigenvalue weighted by Crippen LogP contribution is -2.39. The van der Waals surface area contributed by atoms with E-state index in [-0.39, 0.29) is 11.8 Å². The van der Waals surface area contributed by atoms with Crippen LogP contribution in [-0.2, 0) is 4.79 Å². The van der Waals surface area contributed by atoms with Crippen LogP contribution in [0, 0.1) is 0 Å². The summed E-state index contributed by atoms with van der Waals surface area (Å²) in [6.45, 7) is 8.28. The molecule has 0 aliphatic heterocycles. The van der Waals surface area contributed by atoms with Crippen LogP contribution in [0.25, 0.3) is 6.08 Å². The second-order valence-corrected chi connectivity index (χ2v) is 4.86. The number of ketones is 1. The molecule has 0 saturated carbocycles. The predicted molar refractivity (Wildman–Crippen MR) is 82.1 cm³/mol. The first-order valence-electron chi connectivity index (χ1n) is 7.20. The van der Waals surface area contributed by atoms with E-state index in [1.54, 1.807) is 6.08 Å². The third kappa shape index (κ3) is 5.39. The fourth-order valence-corrected chi connectivity index (χ4v) is 2.14. The fourth-order valence-electron chi connectivity index (χ4n) is 2.14. The summed E-state index contributed by atoms with van der Waals surface area (Å²) < 4.78 is 0. The maximum atomic E-state index is 12.2. The Balaban J connectivity index is 2.62. The zero-order chi connectivity index (χ0) is 14.1. The van der Waals surface area contributed by atoms with Gasteiger partial charge in [0.05, 0.1) is 6.04 Å². The maximum absolute atomic E-state index is 12.2. The Bertz CT molecular complexity index is 391. The molecule has 2 nitrogen and oxygen atoms in total. The normalized spacial score (nSPS) is 13.1. The summed E-state index contributed by atoms with van der Waals surface area (Å²) in [6, 6.07) is 9.92. The van der Waals surface area contributed by atoms with Crippen molar-refractivity contribution in [3.8, 4) is 0 Å². The predicted octanol–water partition coefficient (Wildman–Crippen LogP) is 3.78. The Kier molecular flexibility index (Phi) is 7.12. The average molecular weight is 259 g/mol. The monoisotopic (exact) mass is 259 g/mol. The molecule has 0 fully saturated rings. The van der Waals surface area contributed by atoms with Crippen LogP contribution in [0.15, 0.2) is 36.4 Å². The first kappa shape index (κ1) is 15.6. The fraction of sp³-hybridized carbons (Fsp3) is 0.471. The van der Waals surface area contributed by atoms with E-state index in [0.29, 0.717) is 0 Å². The van der Waals surface area contributed by atoms with Crippen LogP contribution < -0.4 is 0 Å². The van der Waals surface area contributed by atoms with Gasteiger partial charge in [0.2, 0.25) is 0 Å². The zero-order valence-corrected chi connectivity index (χ0v) is 12.3. The van der Waals surface area contributed by atoms with Crippen LogP contribution in [-0.4, -0.2) is 29.8 Å². The molecule has 0 heterocycles. The van der Waals surface area contributed by atoms with Gasteiger partial charge in [-0.1, -0.05) is 50.3 Å². The van der Waals surface area contributed by atoms with Crippen LogP contribution in [0.1, 0.15) is 39.2 Å². The van der Waals surface area contributed by atoms with Gasteiger partial charge in [0.25, 0.3) is 0 Å². The van der Waals surface area contributed by atoms with Crippen molar-refractivity contribution in [3.05, 3.63) is 42.0 Å². The molecular weight excluding hydrogens is 234 g/mol. The standard InChI is InChI=1S/C17H25NO/c1-4-13-18(14-5-2)15(3)17(19)12-11-16-9-7-6-8-10-16/h6-12,15H,4-5,13-14H2,1-3H3/b12-11+. The van der Waals surface area contributed by atoms with Crippen molar-refractivity contribution in [1.29, 1.82) is 0 Å². The Labute approximate surface area is 117 Å². The molecule has 0 saturated heterocycles. The molecular formula is C17H25NO. The smallest absolute Gasteiger partial charge is 0.172 e. The number of rotatable bonds is 8. The van der Waals surface area contributed by atoms with Gasteiger partial charge >= 0.3 is 0 Å². The van der Waals surface area contributed by atoms with Gasteiger partial charge in [-0.05, 0) is 44.5 Å². The van der Waals surface area contributed by atoms with Crippen LogP contribution in [0.2, 0.25) is 0 Å². The number of nitrogens with zero attached hydrogens (tertiary/aromatic N) is 1. The average Bonchev–Trinajstić information content (AvgIpc) is 2.45. The minimum absolute atomic E-state index is 0.0279. The Morgan fingerprint density at radius 3 is 2.26 bits per heavy atom. The number of carbonyl (C=O) groups excluding carboxylic acids is 1. The van der Waals surface area contributed by atoms with Crippen LogP contribution >= 0.6 is 0 Å². The van der Waals surface area contributed by atoms with E-state index in [2.05, 4.69) is 18.7 Å². The first-order chi connectivity index (χ1) is 9.19. The van der Waals surface area contributed by atoms with E-state index in [9.17, 15) is 4.79 Å². The van der Waals surface area contributed by atoms with Crippen molar-refractivity contribution in [3.63, 3.8) is 0 Å². The summed E-state index contributed by atoms with van der Waals surface area (Å²) in [5.41, 5.74) is 1.07. The molecule has 1 rings (SSSR count). The SMILES string of the molecule is CCCN(CCC)C(C)C(=O)/C=C/c1ccccc1. The lowest BCUT2D eigenvalue weighted by atomic mass is 10.1. The Hall–Kier alpha value is -1.41. The summed E-state index contributed by atoms with van der Waals surface area (Å²) in [5.74, 6) is 0.186. The van der Waals surface area contributed by atoms with Gasteiger partial charge < -0.3 is 0 Å². The van der Waals surface area contributed by atoms with Gasteiger partial charge in [0.15, 0.2) is 5.78 Å². The van der Waals surface area contributed by atoms with Crippen molar-refractivity contribution in [2.45, 2.75) is 39.7 Å². The van der Waals surface area contributed by atoms with E-state index < -0.39 is 0 Å². The highest BCUT2D eigenvalue weighted by molar-refractivity contribution is 5.97. The molecule has 0 bridgehead atoms. The summed E-state index contributed by atoms with van der Waals surface area (Å²) in [6.07, 6.45) is 5.77. The quantitative estimate of drug-likeness (QED) is 0.662. The number of benzene rings is 1. The molecule has 19 heavy (non-hydrogen) atoms. The summed E-state index contributed by atoms with van der Waals surface area (Å²) in [4.78, 5) is 14.4. The molecule has 0 radical (unpaired) electrons. The van der Waals surface area contributed by atoms with Crippen molar-refractivity contribution in [1.82, 2.24) is 4.90 Å². The van der Waals surface area contributed by atoms with Crippen molar-refractivity contribution in [2.75, 3.05) is 13.1 Å². The van der Waals surface area contributed by atoms with E-state index in [1.807, 2.05) is 43.3 Å². The highest BCUT2D eigenvalue weighted by atomic mass is 16.1. The zero-order valence-electron chi connectivity index (χ0n) is 12.3. The third-order valence-corrected chi connectivity index (χ3v) is 3.22. The molecule has 0 aromatic heterocycles. The molecule has 0 spiro atoms. The lowest BCUT2D eigenvalue weighted by Gasteiger charge is -2.26. The lowest BCUT2D eigenvalue weighted by molar-refractivity contribution is -0.119. The molecule has 1 aromatic carbocycles. The number of hydrogen-bond donors (Lipinski definition) is 0. The molecule has 104 valence electrons. The van der Waals surface area contributed by atoms with E-state index in [4.69, 9.17) is 0 Å². The minimum Gasteiger partial charge on any atom is -0.294 e. The molecule has 1 unspecified atom stereocenters. The topological polar surface area (TPSA) is 20.3 Å². The van der Waals surface area contributed by atoms with Crippen LogP contribution in [0.4, 0.5) is 0 Å². The van der Waals surface area contributed by atoms with Crippen LogP contribution in [0.5, 0.6) is 0 Å². The van der Waals surface area contributed by atoms with Crippen molar-refractivity contribution in [2.24, 2.45) is 0 Å². The van der Waals surface area contributed by atoms with Crippen molar-refractivity contribution >= 4 is 11.9 Å². The van der Waals surface area contributed by atoms with Crippen molar-refractivity contribution < 1.29 is 4.79 Å². The minimum atomic E-state index is -0.0279. The Morgan fingerprint density at radius 2 is 1.74 bits per heavy atom. The molecule has 1 aromatic rings. The van der Waals surface area contributed by atoms with Gasteiger partial charge in [-0.15, -0.1) is 0 Å². The van der Waals surface area contributed by atoms with Gasteiger partial charge in [0, 0.05) is 0 Å². The van der Waals surface area contributed by atoms with Crippen LogP contribution in [0.3, 0.4) is 0 Å². The molecule has 2 heteroatoms.